The van der Waals surface area contributed by atoms with Crippen molar-refractivity contribution in [2.45, 2.75) is 6.54 Å². The number of halogens is 1. The third-order valence-electron chi connectivity index (χ3n) is 4.94. The Labute approximate surface area is 195 Å². The number of hydrogen-bond acceptors (Lipinski definition) is 5. The molecule has 0 bridgehead atoms. The van der Waals surface area contributed by atoms with Gasteiger partial charge in [0.1, 0.15) is 11.6 Å². The Kier molecular flexibility index (Phi) is 6.83. The lowest BCUT2D eigenvalue weighted by Gasteiger charge is -2.15. The second-order valence-corrected chi connectivity index (χ2v) is 7.49. The van der Waals surface area contributed by atoms with Crippen molar-refractivity contribution in [3.63, 3.8) is 0 Å². The van der Waals surface area contributed by atoms with E-state index < -0.39 is 0 Å². The minimum absolute atomic E-state index is 0.105. The number of fused-ring (bicyclic) bond motifs is 1. The van der Waals surface area contributed by atoms with Crippen molar-refractivity contribution >= 4 is 34.5 Å². The Morgan fingerprint density at radius 2 is 1.79 bits per heavy atom. The summed E-state index contributed by atoms with van der Waals surface area (Å²) in [5, 5.41) is 0.900. The molecule has 0 saturated heterocycles. The smallest absolute Gasteiger partial charge is 0.266 e. The molecule has 4 rings (SSSR count). The Balaban J connectivity index is 1.54. The van der Waals surface area contributed by atoms with Crippen LogP contribution < -0.4 is 21.1 Å². The van der Waals surface area contributed by atoms with Gasteiger partial charge in [0, 0.05) is 6.08 Å². The van der Waals surface area contributed by atoms with Gasteiger partial charge in [0.25, 0.3) is 11.5 Å². The molecule has 0 spiro atoms. The third kappa shape index (κ3) is 5.11. The highest BCUT2D eigenvalue weighted by Gasteiger charge is 2.14. The summed E-state index contributed by atoms with van der Waals surface area (Å²) in [5.74, 6) is 0.801. The lowest BCUT2D eigenvalue weighted by atomic mass is 10.2. The molecule has 0 aliphatic carbocycles. The largest absolute Gasteiger partial charge is 0.497 e. The minimum Gasteiger partial charge on any atom is -0.497 e. The van der Waals surface area contributed by atoms with E-state index in [2.05, 4.69) is 15.8 Å². The van der Waals surface area contributed by atoms with Crippen molar-refractivity contribution in [1.29, 1.82) is 0 Å². The molecule has 1 amide bonds. The first-order valence-corrected chi connectivity index (χ1v) is 10.5. The average molecular weight is 461 g/mol. The van der Waals surface area contributed by atoms with Crippen LogP contribution in [-0.2, 0) is 11.3 Å². The summed E-state index contributed by atoms with van der Waals surface area (Å²) in [6.45, 7) is 0.105. The highest BCUT2D eigenvalue weighted by molar-refractivity contribution is 6.32. The molecule has 8 heteroatoms. The maximum atomic E-state index is 13.2. The Bertz CT molecular complexity index is 1380. The summed E-state index contributed by atoms with van der Waals surface area (Å²) in [5.41, 5.74) is 7.14. The number of rotatable bonds is 7. The highest BCUT2D eigenvalue weighted by Crippen LogP contribution is 2.21. The van der Waals surface area contributed by atoms with Gasteiger partial charge in [-0.2, -0.15) is 0 Å². The SMILES string of the molecule is COc1ccc(/C=C/C(=O)NNCc2nc3ccccc3c(=O)n2-c2ccccc2Cl)cc1. The van der Waals surface area contributed by atoms with E-state index in [0.717, 1.165) is 11.3 Å². The van der Waals surface area contributed by atoms with Gasteiger partial charge in [0.2, 0.25) is 0 Å². The highest BCUT2D eigenvalue weighted by atomic mass is 35.5. The molecule has 3 aromatic carbocycles. The van der Waals surface area contributed by atoms with Crippen molar-refractivity contribution in [1.82, 2.24) is 20.4 Å². The van der Waals surface area contributed by atoms with Crippen LogP contribution in [0.4, 0.5) is 0 Å². The summed E-state index contributed by atoms with van der Waals surface area (Å²) in [7, 11) is 1.60. The van der Waals surface area contributed by atoms with E-state index in [1.54, 1.807) is 55.7 Å². The van der Waals surface area contributed by atoms with E-state index in [1.807, 2.05) is 30.3 Å². The number of hydrazine groups is 1. The molecule has 7 nitrogen and oxygen atoms in total. The van der Waals surface area contributed by atoms with Crippen LogP contribution in [0.3, 0.4) is 0 Å². The first kappa shape index (κ1) is 22.3. The van der Waals surface area contributed by atoms with Crippen LogP contribution in [0.25, 0.3) is 22.7 Å². The fourth-order valence-electron chi connectivity index (χ4n) is 3.32. The molecule has 166 valence electrons. The molecular formula is C25H21ClN4O3. The first-order chi connectivity index (χ1) is 16.1. The second kappa shape index (κ2) is 10.1. The number of nitrogens with one attached hydrogen (secondary N) is 2. The van der Waals surface area contributed by atoms with Crippen LogP contribution in [0.5, 0.6) is 5.75 Å². The molecule has 0 unspecified atom stereocenters. The van der Waals surface area contributed by atoms with E-state index in [0.29, 0.717) is 27.4 Å². The van der Waals surface area contributed by atoms with Crippen molar-refractivity contribution in [3.8, 4) is 11.4 Å². The summed E-state index contributed by atoms with van der Waals surface area (Å²) >= 11 is 6.36. The van der Waals surface area contributed by atoms with Gasteiger partial charge in [0.05, 0.1) is 35.3 Å². The number of benzene rings is 3. The third-order valence-corrected chi connectivity index (χ3v) is 5.26. The molecule has 0 saturated carbocycles. The predicted molar refractivity (Wildman–Crippen MR) is 129 cm³/mol. The number of methoxy groups -OCH3 is 1. The zero-order chi connectivity index (χ0) is 23.2. The van der Waals surface area contributed by atoms with Crippen LogP contribution in [0.15, 0.2) is 83.7 Å². The molecule has 0 fully saturated rings. The van der Waals surface area contributed by atoms with Crippen LogP contribution in [0, 0.1) is 0 Å². The molecule has 0 atom stereocenters. The number of ether oxygens (including phenoxy) is 1. The number of carbonyl (C=O) groups is 1. The Hall–Kier alpha value is -3.94. The molecule has 0 aliphatic heterocycles. The van der Waals surface area contributed by atoms with Crippen molar-refractivity contribution in [3.05, 3.63) is 106 Å². The molecule has 4 aromatic rings. The van der Waals surface area contributed by atoms with Crippen LogP contribution in [-0.4, -0.2) is 22.6 Å². The molecule has 2 N–H and O–H groups in total. The topological polar surface area (TPSA) is 85.2 Å². The maximum absolute atomic E-state index is 13.2. The first-order valence-electron chi connectivity index (χ1n) is 10.2. The van der Waals surface area contributed by atoms with Gasteiger partial charge < -0.3 is 4.74 Å². The Morgan fingerprint density at radius 3 is 2.55 bits per heavy atom. The predicted octanol–water partition coefficient (Wildman–Crippen LogP) is 3.88. The lowest BCUT2D eigenvalue weighted by molar-refractivity contribution is -0.117. The van der Waals surface area contributed by atoms with Crippen LogP contribution in [0.2, 0.25) is 5.02 Å². The normalized spacial score (nSPS) is 11.1. The number of amides is 1. The van der Waals surface area contributed by atoms with Gasteiger partial charge in [-0.1, -0.05) is 48.0 Å². The summed E-state index contributed by atoms with van der Waals surface area (Å²) in [6.07, 6.45) is 3.09. The van der Waals surface area contributed by atoms with Crippen molar-refractivity contribution in [2.24, 2.45) is 0 Å². The van der Waals surface area contributed by atoms with E-state index in [-0.39, 0.29) is 18.0 Å². The lowest BCUT2D eigenvalue weighted by Crippen LogP contribution is -2.38. The zero-order valence-electron chi connectivity index (χ0n) is 17.8. The van der Waals surface area contributed by atoms with Gasteiger partial charge in [-0.3, -0.25) is 19.6 Å². The molecule has 0 aliphatic rings. The quantitative estimate of drug-likeness (QED) is 0.323. The Morgan fingerprint density at radius 1 is 1.06 bits per heavy atom. The standard InChI is InChI=1S/C25H21ClN4O3/c1-33-18-13-10-17(11-14-18)12-15-24(31)29-27-16-23-28-21-8-4-2-6-19(21)25(32)30(23)22-9-5-3-7-20(22)26/h2-15,27H,16H2,1H3,(H,29,31)/b15-12+. The van der Waals surface area contributed by atoms with E-state index in [9.17, 15) is 9.59 Å². The summed E-state index contributed by atoms with van der Waals surface area (Å²) < 4.78 is 6.58. The fraction of sp³-hybridized carbons (Fsp3) is 0.0800. The summed E-state index contributed by atoms with van der Waals surface area (Å²) in [6, 6.07) is 21.5. The minimum atomic E-state index is -0.349. The maximum Gasteiger partial charge on any atom is 0.266 e. The van der Waals surface area contributed by atoms with Crippen molar-refractivity contribution in [2.75, 3.05) is 7.11 Å². The number of hydrogen-bond donors (Lipinski definition) is 2. The van der Waals surface area contributed by atoms with Crippen molar-refractivity contribution < 1.29 is 9.53 Å². The average Bonchev–Trinajstić information content (AvgIpc) is 2.84. The van der Waals surface area contributed by atoms with Crippen LogP contribution >= 0.6 is 11.6 Å². The fourth-order valence-corrected chi connectivity index (χ4v) is 3.54. The van der Waals surface area contributed by atoms with Crippen LogP contribution in [0.1, 0.15) is 11.4 Å². The molecular weight excluding hydrogens is 440 g/mol. The molecule has 1 heterocycles. The van der Waals surface area contributed by atoms with Gasteiger partial charge in [0.15, 0.2) is 0 Å². The molecule has 0 radical (unpaired) electrons. The number of aromatic nitrogens is 2. The number of para-hydroxylation sites is 2. The molecule has 33 heavy (non-hydrogen) atoms. The zero-order valence-corrected chi connectivity index (χ0v) is 18.5. The second-order valence-electron chi connectivity index (χ2n) is 7.09. The van der Waals surface area contributed by atoms with E-state index in [4.69, 9.17) is 16.3 Å². The van der Waals surface area contributed by atoms with Gasteiger partial charge in [-0.15, -0.1) is 0 Å². The van der Waals surface area contributed by atoms with Gasteiger partial charge in [-0.05, 0) is 48.0 Å². The van der Waals surface area contributed by atoms with Gasteiger partial charge in [-0.25, -0.2) is 10.4 Å². The van der Waals surface area contributed by atoms with E-state index >= 15 is 0 Å². The summed E-state index contributed by atoms with van der Waals surface area (Å²) in [4.78, 5) is 30.1. The number of carbonyl (C=O) groups excluding carboxylic acids is 1. The van der Waals surface area contributed by atoms with Gasteiger partial charge >= 0.3 is 0 Å². The van der Waals surface area contributed by atoms with E-state index in [1.165, 1.54) is 10.6 Å². The monoisotopic (exact) mass is 460 g/mol. The number of nitrogens with zero attached hydrogens (tertiary/aromatic N) is 2. The molecule has 1 aromatic heterocycles.